The molecule has 4 aliphatic carbocycles. The van der Waals surface area contributed by atoms with Crippen LogP contribution in [0.15, 0.2) is 0 Å². The quantitative estimate of drug-likeness (QED) is 0.0568. The van der Waals surface area contributed by atoms with Crippen LogP contribution in [-0.4, -0.2) is 303 Å². The molecular weight excluding hydrogens is 1150 g/mol. The topological polar surface area (TPSA) is 466 Å². The Bertz CT molecular complexity index is 2210. The van der Waals surface area contributed by atoms with Crippen LogP contribution < -0.4 is 0 Å². The van der Waals surface area contributed by atoms with Crippen LogP contribution in [0.4, 0.5) is 0 Å². The second-order valence-electron chi connectivity index (χ2n) is 27.2. The molecular formula is C57H96O29. The molecule has 10 aliphatic rings. The lowest BCUT2D eigenvalue weighted by Crippen LogP contribution is -2.69. The highest BCUT2D eigenvalue weighted by atomic mass is 16.8. The Morgan fingerprint density at radius 1 is 0.500 bits per heavy atom. The van der Waals surface area contributed by atoms with E-state index in [0.717, 1.165) is 32.1 Å². The average Bonchev–Trinajstić information content (AvgIpc) is 1.53. The number of aliphatic hydroxyl groups is 18. The molecule has 38 atom stereocenters. The maximum atomic E-state index is 12.2. The Hall–Kier alpha value is -1.16. The van der Waals surface area contributed by atoms with Crippen molar-refractivity contribution in [3.05, 3.63) is 0 Å². The van der Waals surface area contributed by atoms with Crippen LogP contribution in [0.5, 0.6) is 0 Å². The van der Waals surface area contributed by atoms with E-state index in [9.17, 15) is 91.9 Å². The minimum Gasteiger partial charge on any atom is -0.394 e. The van der Waals surface area contributed by atoms with E-state index in [1.807, 2.05) is 6.92 Å². The van der Waals surface area contributed by atoms with Gasteiger partial charge in [0.1, 0.15) is 116 Å². The predicted octanol–water partition coefficient (Wildman–Crippen LogP) is -6.13. The summed E-state index contributed by atoms with van der Waals surface area (Å²) in [6.45, 7) is 6.80. The van der Waals surface area contributed by atoms with Crippen molar-refractivity contribution in [2.75, 3.05) is 33.0 Å². The zero-order valence-electron chi connectivity index (χ0n) is 49.1. The molecule has 86 heavy (non-hydrogen) atoms. The fraction of sp³-hybridized carbons (Fsp3) is 1.00. The molecule has 0 aromatic rings. The number of rotatable bonds is 18. The van der Waals surface area contributed by atoms with Crippen molar-refractivity contribution in [1.29, 1.82) is 0 Å². The van der Waals surface area contributed by atoms with E-state index < -0.39 is 198 Å². The summed E-state index contributed by atoms with van der Waals surface area (Å²) in [5.74, 6) is -0.501. The largest absolute Gasteiger partial charge is 0.394 e. The Kier molecular flexibility index (Phi) is 21.0. The van der Waals surface area contributed by atoms with Crippen LogP contribution in [0.1, 0.15) is 92.4 Å². The molecule has 10 fully saturated rings. The first-order valence-electron chi connectivity index (χ1n) is 30.8. The molecule has 6 saturated heterocycles. The van der Waals surface area contributed by atoms with Gasteiger partial charge in [0.25, 0.3) is 0 Å². The van der Waals surface area contributed by atoms with Gasteiger partial charge in [-0.2, -0.15) is 0 Å². The van der Waals surface area contributed by atoms with Crippen molar-refractivity contribution in [3.63, 3.8) is 0 Å². The molecule has 0 amide bonds. The number of ether oxygens (including phenoxy) is 11. The molecule has 10 rings (SSSR count). The van der Waals surface area contributed by atoms with Crippen molar-refractivity contribution < 1.29 is 144 Å². The third-order valence-electron chi connectivity index (χ3n) is 22.2. The van der Waals surface area contributed by atoms with Gasteiger partial charge in [0, 0.05) is 12.3 Å². The molecule has 18 N–H and O–H groups in total. The maximum absolute atomic E-state index is 12.2. The molecule has 0 radical (unpaired) electrons. The molecule has 0 aromatic heterocycles. The Morgan fingerprint density at radius 2 is 1.02 bits per heavy atom. The van der Waals surface area contributed by atoms with E-state index >= 15 is 0 Å². The van der Waals surface area contributed by atoms with E-state index in [4.69, 9.17) is 52.1 Å². The van der Waals surface area contributed by atoms with E-state index in [0.29, 0.717) is 37.5 Å². The van der Waals surface area contributed by atoms with Gasteiger partial charge in [-0.25, -0.2) is 0 Å². The summed E-state index contributed by atoms with van der Waals surface area (Å²) in [4.78, 5) is 0. The minimum absolute atomic E-state index is 0.0557. The monoisotopic (exact) mass is 1240 g/mol. The number of hydrogen-bond acceptors (Lipinski definition) is 29. The molecule has 0 aromatic carbocycles. The van der Waals surface area contributed by atoms with Crippen molar-refractivity contribution in [2.24, 2.45) is 52.3 Å². The van der Waals surface area contributed by atoms with Gasteiger partial charge in [0.15, 0.2) is 37.2 Å². The summed E-state index contributed by atoms with van der Waals surface area (Å²) < 4.78 is 65.9. The summed E-state index contributed by atoms with van der Waals surface area (Å²) in [6.07, 6.45) is -39.3. The Morgan fingerprint density at radius 3 is 1.64 bits per heavy atom. The van der Waals surface area contributed by atoms with E-state index in [1.54, 1.807) is 6.92 Å². The Balaban J connectivity index is 0.780. The normalized spacial score (nSPS) is 56.1. The van der Waals surface area contributed by atoms with Gasteiger partial charge >= 0.3 is 0 Å². The van der Waals surface area contributed by atoms with Gasteiger partial charge < -0.3 is 144 Å². The third kappa shape index (κ3) is 12.2. The first kappa shape index (κ1) is 67.7. The summed E-state index contributed by atoms with van der Waals surface area (Å²) in [5, 5.41) is 195. The van der Waals surface area contributed by atoms with E-state index in [-0.39, 0.29) is 53.1 Å². The lowest BCUT2D eigenvalue weighted by atomic mass is 9.44. The van der Waals surface area contributed by atoms with Gasteiger partial charge in [0.05, 0.1) is 57.5 Å². The van der Waals surface area contributed by atoms with Gasteiger partial charge in [-0.3, -0.25) is 0 Å². The van der Waals surface area contributed by atoms with Crippen molar-refractivity contribution in [1.82, 2.24) is 0 Å². The van der Waals surface area contributed by atoms with Crippen LogP contribution in [0.25, 0.3) is 0 Å². The zero-order valence-corrected chi connectivity index (χ0v) is 49.1. The highest BCUT2D eigenvalue weighted by molar-refractivity contribution is 5.16. The average molecular weight is 1250 g/mol. The predicted molar refractivity (Wildman–Crippen MR) is 284 cm³/mol. The van der Waals surface area contributed by atoms with Crippen molar-refractivity contribution in [3.8, 4) is 0 Å². The van der Waals surface area contributed by atoms with Crippen molar-refractivity contribution >= 4 is 0 Å². The van der Waals surface area contributed by atoms with E-state index in [1.165, 1.54) is 0 Å². The van der Waals surface area contributed by atoms with Gasteiger partial charge in [-0.15, -0.1) is 0 Å². The smallest absolute Gasteiger partial charge is 0.187 e. The van der Waals surface area contributed by atoms with E-state index in [2.05, 4.69) is 20.8 Å². The minimum atomic E-state index is -2.08. The highest BCUT2D eigenvalue weighted by Crippen LogP contribution is 2.71. The van der Waals surface area contributed by atoms with Crippen molar-refractivity contribution in [2.45, 2.75) is 270 Å². The SMILES string of the molecule is CC(CCC1(O)OC2CC3C4CCC5CC(OC6OC(CO)C(OC7OC(CO)C(O)C(OC8OC(CO)C(O)C(O)C8O)C7OC7OC(CO)C(O)C(O)C7O)C(O)C6O)C(O)CC5(C)C4CCC3(C)C2C1C)COC1OC(C)C(O)C(O)C1O. The molecule has 0 bridgehead atoms. The molecule has 29 nitrogen and oxygen atoms in total. The van der Waals surface area contributed by atoms with Gasteiger partial charge in [-0.1, -0.05) is 27.7 Å². The number of hydrogen-bond donors (Lipinski definition) is 18. The number of fused-ring (bicyclic) bond motifs is 7. The molecule has 6 aliphatic heterocycles. The second-order valence-corrected chi connectivity index (χ2v) is 27.2. The fourth-order valence-electron chi connectivity index (χ4n) is 17.1. The molecule has 498 valence electrons. The standard InChI is InChI=1S/C57H96O29/c1-20(19-76-50-43(71)39(67)35(63)22(3)77-50)8-11-57(75)21(2)34-29(86-57)13-26-24-7-6-23-12-28(27(62)14-56(23,5)25(24)9-10-55(26,34)4)78-51-46(74)42(70)47(33(18-61)82-51)83-54-49(85-53-45(73)41(69)37(65)31(16-59)80-53)48(38(66)32(17-60)81-54)84-52-44(72)40(68)36(64)30(15-58)79-52/h20-54,58-75H,6-19H2,1-5H3. The van der Waals surface area contributed by atoms with Crippen LogP contribution in [0.3, 0.4) is 0 Å². The molecule has 0 spiro atoms. The van der Waals surface area contributed by atoms with Crippen LogP contribution >= 0.6 is 0 Å². The zero-order chi connectivity index (χ0) is 62.4. The maximum Gasteiger partial charge on any atom is 0.187 e. The van der Waals surface area contributed by atoms with Crippen LogP contribution in [0.2, 0.25) is 0 Å². The van der Waals surface area contributed by atoms with Gasteiger partial charge in [-0.05, 0) is 105 Å². The number of aliphatic hydroxyl groups excluding tert-OH is 17. The van der Waals surface area contributed by atoms with Crippen LogP contribution in [0, 0.1) is 52.3 Å². The molecule has 4 saturated carbocycles. The lowest BCUT2D eigenvalue weighted by Gasteiger charge is -2.62. The highest BCUT2D eigenvalue weighted by Gasteiger charge is 2.69. The Labute approximate surface area is 498 Å². The lowest BCUT2D eigenvalue weighted by molar-refractivity contribution is -0.407. The third-order valence-corrected chi connectivity index (χ3v) is 22.2. The van der Waals surface area contributed by atoms with Crippen LogP contribution in [-0.2, 0) is 52.1 Å². The van der Waals surface area contributed by atoms with Gasteiger partial charge in [0.2, 0.25) is 0 Å². The molecule has 6 heterocycles. The summed E-state index contributed by atoms with van der Waals surface area (Å²) in [7, 11) is 0. The fourth-order valence-corrected chi connectivity index (χ4v) is 17.1. The molecule has 38 unspecified atom stereocenters. The summed E-state index contributed by atoms with van der Waals surface area (Å²) >= 11 is 0. The summed E-state index contributed by atoms with van der Waals surface area (Å²) in [5.41, 5.74) is -0.423. The first-order valence-corrected chi connectivity index (χ1v) is 30.8. The summed E-state index contributed by atoms with van der Waals surface area (Å²) in [6, 6.07) is 0. The first-order chi connectivity index (χ1) is 40.6. The molecule has 29 heteroatoms. The second kappa shape index (κ2) is 26.7.